The molecule has 0 aliphatic carbocycles. The van der Waals surface area contributed by atoms with Crippen LogP contribution in [0.5, 0.6) is 11.5 Å². The third-order valence-electron chi connectivity index (χ3n) is 5.23. The van der Waals surface area contributed by atoms with Crippen molar-refractivity contribution in [2.75, 3.05) is 6.54 Å². The summed E-state index contributed by atoms with van der Waals surface area (Å²) in [6.45, 7) is 1.76. The lowest BCUT2D eigenvalue weighted by atomic mass is 10.0. The van der Waals surface area contributed by atoms with Crippen LogP contribution in [-0.2, 0) is 27.4 Å². The van der Waals surface area contributed by atoms with Crippen LogP contribution >= 0.6 is 12.6 Å². The first-order valence-electron chi connectivity index (χ1n) is 10.5. The van der Waals surface area contributed by atoms with Gasteiger partial charge in [0.05, 0.1) is 23.5 Å². The van der Waals surface area contributed by atoms with Gasteiger partial charge in [-0.25, -0.2) is 9.69 Å². The third kappa shape index (κ3) is 6.17. The number of hydrogen-bond donors (Lipinski definition) is 4. The molecule has 2 aromatic carbocycles. The molecule has 0 spiro atoms. The molecule has 0 fully saturated rings. The zero-order valence-corrected chi connectivity index (χ0v) is 19.0. The second kappa shape index (κ2) is 11.1. The van der Waals surface area contributed by atoms with Gasteiger partial charge in [-0.3, -0.25) is 4.79 Å². The average molecular weight is 474 g/mol. The predicted octanol–water partition coefficient (Wildman–Crippen LogP) is 2.60. The molecule has 4 N–H and O–H groups in total. The Balaban J connectivity index is 1.73. The zero-order chi connectivity index (χ0) is 24.0. The Morgan fingerprint density at radius 2 is 1.91 bits per heavy atom. The highest BCUT2D eigenvalue weighted by atomic mass is 32.1. The fourth-order valence-electron chi connectivity index (χ4n) is 3.34. The summed E-state index contributed by atoms with van der Waals surface area (Å²) in [5.41, 5.74) is 8.12. The standard InChI is InChI=1S/C23H27N3O6S/c1-2-17-21(33)20(32-25-17)12-26(23(30)31-13-14-6-4-3-5-7-14)22(29)16(24)10-15-8-9-18(27)19(28)11-15/h3-9,11,16,20-21,27-28,33H,2,10,12-13,24H2,1H3/t16-,20?,21?/m0/s1. The molecule has 1 aliphatic rings. The van der Waals surface area contributed by atoms with Gasteiger partial charge < -0.3 is 25.5 Å². The molecule has 9 nitrogen and oxygen atoms in total. The highest BCUT2D eigenvalue weighted by molar-refractivity contribution is 7.82. The fourth-order valence-corrected chi connectivity index (χ4v) is 3.72. The maximum atomic E-state index is 13.2. The summed E-state index contributed by atoms with van der Waals surface area (Å²) in [6.07, 6.45) is -0.842. The molecule has 0 radical (unpaired) electrons. The maximum Gasteiger partial charge on any atom is 0.417 e. The van der Waals surface area contributed by atoms with E-state index < -0.39 is 24.1 Å². The van der Waals surface area contributed by atoms with Gasteiger partial charge in [0.2, 0.25) is 5.91 Å². The van der Waals surface area contributed by atoms with Crippen molar-refractivity contribution in [3.05, 3.63) is 59.7 Å². The number of carbonyl (C=O) groups is 2. The van der Waals surface area contributed by atoms with E-state index in [9.17, 15) is 19.8 Å². The van der Waals surface area contributed by atoms with Crippen molar-refractivity contribution in [2.24, 2.45) is 10.9 Å². The molecule has 0 aromatic heterocycles. The molecular weight excluding hydrogens is 446 g/mol. The van der Waals surface area contributed by atoms with Gasteiger partial charge in [-0.2, -0.15) is 12.6 Å². The summed E-state index contributed by atoms with van der Waals surface area (Å²) in [5, 5.41) is 22.8. The molecule has 0 saturated carbocycles. The summed E-state index contributed by atoms with van der Waals surface area (Å²) in [7, 11) is 0. The number of benzene rings is 2. The van der Waals surface area contributed by atoms with Gasteiger partial charge in [-0.15, -0.1) is 0 Å². The van der Waals surface area contributed by atoms with Crippen LogP contribution < -0.4 is 5.73 Å². The number of imide groups is 1. The quantitative estimate of drug-likeness (QED) is 0.342. The molecule has 1 heterocycles. The number of ether oxygens (including phenoxy) is 1. The summed E-state index contributed by atoms with van der Waals surface area (Å²) >= 11 is 4.51. The summed E-state index contributed by atoms with van der Waals surface area (Å²) in [6, 6.07) is 12.1. The van der Waals surface area contributed by atoms with Gasteiger partial charge in [0.1, 0.15) is 6.61 Å². The minimum atomic E-state index is -1.11. The van der Waals surface area contributed by atoms with Crippen LogP contribution in [0.3, 0.4) is 0 Å². The van der Waals surface area contributed by atoms with Gasteiger partial charge >= 0.3 is 6.09 Å². The topological polar surface area (TPSA) is 135 Å². The molecule has 3 atom stereocenters. The number of hydrogen-bond acceptors (Lipinski definition) is 9. The van der Waals surface area contributed by atoms with Crippen molar-refractivity contribution in [1.29, 1.82) is 0 Å². The smallest absolute Gasteiger partial charge is 0.417 e. The Labute approximate surface area is 197 Å². The van der Waals surface area contributed by atoms with Crippen molar-refractivity contribution in [1.82, 2.24) is 4.90 Å². The highest BCUT2D eigenvalue weighted by Crippen LogP contribution is 2.26. The monoisotopic (exact) mass is 473 g/mol. The molecule has 2 unspecified atom stereocenters. The third-order valence-corrected chi connectivity index (χ3v) is 5.86. The first-order chi connectivity index (χ1) is 15.8. The van der Waals surface area contributed by atoms with E-state index >= 15 is 0 Å². The minimum absolute atomic E-state index is 0.0168. The predicted molar refractivity (Wildman–Crippen MR) is 125 cm³/mol. The number of nitrogens with zero attached hydrogens (tertiary/aromatic N) is 2. The van der Waals surface area contributed by atoms with Crippen molar-refractivity contribution in [2.45, 2.75) is 43.8 Å². The average Bonchev–Trinajstić information content (AvgIpc) is 3.17. The lowest BCUT2D eigenvalue weighted by molar-refractivity contribution is -0.132. The molecule has 0 saturated heterocycles. The van der Waals surface area contributed by atoms with E-state index in [4.69, 9.17) is 15.3 Å². The number of rotatable bonds is 8. The molecule has 3 rings (SSSR count). The number of aromatic hydroxyl groups is 2. The largest absolute Gasteiger partial charge is 0.504 e. The number of phenols is 2. The van der Waals surface area contributed by atoms with Crippen molar-refractivity contribution < 1.29 is 29.4 Å². The number of nitrogens with two attached hydrogens (primary N) is 1. The van der Waals surface area contributed by atoms with E-state index in [1.807, 2.05) is 25.1 Å². The Hall–Kier alpha value is -3.24. The van der Waals surface area contributed by atoms with E-state index in [1.54, 1.807) is 12.1 Å². The molecule has 33 heavy (non-hydrogen) atoms. The normalized spacial score (nSPS) is 18.2. The van der Waals surface area contributed by atoms with Crippen molar-refractivity contribution in [3.63, 3.8) is 0 Å². The maximum absolute atomic E-state index is 13.2. The summed E-state index contributed by atoms with van der Waals surface area (Å²) in [5.74, 6) is -1.28. The number of amides is 2. The molecular formula is C23H27N3O6S. The Bertz CT molecular complexity index is 1020. The van der Waals surface area contributed by atoms with Crippen LogP contribution in [0.4, 0.5) is 4.79 Å². The SMILES string of the molecule is CCC1=NOC(CN(C(=O)OCc2ccccc2)C(=O)[C@@H](N)Cc2ccc(O)c(O)c2)C1S. The van der Waals surface area contributed by atoms with Crippen molar-refractivity contribution >= 4 is 30.3 Å². The Kier molecular flexibility index (Phi) is 8.18. The van der Waals surface area contributed by atoms with E-state index in [1.165, 1.54) is 18.2 Å². The lowest BCUT2D eigenvalue weighted by Gasteiger charge is -2.26. The minimum Gasteiger partial charge on any atom is -0.504 e. The van der Waals surface area contributed by atoms with Crippen LogP contribution in [0.15, 0.2) is 53.7 Å². The molecule has 2 aromatic rings. The van der Waals surface area contributed by atoms with E-state index in [0.717, 1.165) is 16.2 Å². The zero-order valence-electron chi connectivity index (χ0n) is 18.1. The Morgan fingerprint density at radius 1 is 1.18 bits per heavy atom. The Morgan fingerprint density at radius 3 is 2.55 bits per heavy atom. The summed E-state index contributed by atoms with van der Waals surface area (Å²) in [4.78, 5) is 32.4. The lowest BCUT2D eigenvalue weighted by Crippen LogP contribution is -2.51. The summed E-state index contributed by atoms with van der Waals surface area (Å²) < 4.78 is 5.36. The van der Waals surface area contributed by atoms with Gasteiger partial charge in [0.25, 0.3) is 0 Å². The van der Waals surface area contributed by atoms with Gasteiger partial charge in [-0.05, 0) is 36.1 Å². The van der Waals surface area contributed by atoms with Gasteiger partial charge in [0.15, 0.2) is 17.6 Å². The molecule has 176 valence electrons. The number of oxime groups is 1. The van der Waals surface area contributed by atoms with Crippen LogP contribution in [0.25, 0.3) is 0 Å². The van der Waals surface area contributed by atoms with E-state index in [-0.39, 0.29) is 36.3 Å². The second-order valence-electron chi connectivity index (χ2n) is 7.65. The van der Waals surface area contributed by atoms with Crippen LogP contribution in [-0.4, -0.2) is 56.8 Å². The van der Waals surface area contributed by atoms with Gasteiger partial charge in [0, 0.05) is 0 Å². The number of thiol groups is 1. The highest BCUT2D eigenvalue weighted by Gasteiger charge is 2.37. The van der Waals surface area contributed by atoms with E-state index in [0.29, 0.717) is 12.0 Å². The van der Waals surface area contributed by atoms with Gasteiger partial charge in [-0.1, -0.05) is 48.5 Å². The van der Waals surface area contributed by atoms with Crippen LogP contribution in [0.2, 0.25) is 0 Å². The van der Waals surface area contributed by atoms with E-state index in [2.05, 4.69) is 17.8 Å². The molecule has 1 aliphatic heterocycles. The first-order valence-corrected chi connectivity index (χ1v) is 11.0. The number of phenolic OH excluding ortho intramolecular Hbond substituents is 2. The molecule has 0 bridgehead atoms. The second-order valence-corrected chi connectivity index (χ2v) is 8.20. The molecule has 2 amide bonds. The first kappa shape index (κ1) is 24.4. The van der Waals surface area contributed by atoms with Crippen LogP contribution in [0.1, 0.15) is 24.5 Å². The van der Waals surface area contributed by atoms with Crippen LogP contribution in [0, 0.1) is 0 Å². The number of carbonyl (C=O) groups excluding carboxylic acids is 2. The fraction of sp³-hybridized carbons (Fsp3) is 0.348. The van der Waals surface area contributed by atoms with Crippen molar-refractivity contribution in [3.8, 4) is 11.5 Å². The molecule has 10 heteroatoms.